The molecule has 5 nitrogen and oxygen atoms in total. The highest BCUT2D eigenvalue weighted by Gasteiger charge is 2.14. The lowest BCUT2D eigenvalue weighted by molar-refractivity contribution is -0.112. The molecule has 0 aliphatic carbocycles. The van der Waals surface area contributed by atoms with E-state index in [0.29, 0.717) is 21.3 Å². The summed E-state index contributed by atoms with van der Waals surface area (Å²) >= 11 is 3.36. The Morgan fingerprint density at radius 1 is 1.03 bits per heavy atom. The molecular weight excluding hydrogens is 444 g/mol. The minimum absolute atomic E-state index is 0.120. The van der Waals surface area contributed by atoms with E-state index >= 15 is 0 Å². The molecule has 0 fully saturated rings. The maximum atomic E-state index is 12.6. The minimum Gasteiger partial charge on any atom is -0.422 e. The number of benzene rings is 3. The first kappa shape index (κ1) is 21.0. The van der Waals surface area contributed by atoms with Gasteiger partial charge in [0.1, 0.15) is 17.4 Å². The molecule has 0 aliphatic rings. The van der Waals surface area contributed by atoms with Crippen molar-refractivity contribution in [2.75, 3.05) is 5.32 Å². The Bertz CT molecular complexity index is 1150. The number of nitriles is 1. The van der Waals surface area contributed by atoms with Crippen LogP contribution >= 0.6 is 15.9 Å². The first-order chi connectivity index (χ1) is 14.5. The molecule has 3 rings (SSSR count). The first-order valence-corrected chi connectivity index (χ1v) is 9.82. The molecule has 0 atom stereocenters. The predicted molar refractivity (Wildman–Crippen MR) is 119 cm³/mol. The maximum absolute atomic E-state index is 12.6. The molecule has 3 aromatic carbocycles. The van der Waals surface area contributed by atoms with Crippen molar-refractivity contribution in [1.82, 2.24) is 0 Å². The summed E-state index contributed by atoms with van der Waals surface area (Å²) in [4.78, 5) is 25.0. The largest absolute Gasteiger partial charge is 0.422 e. The average molecular weight is 461 g/mol. The van der Waals surface area contributed by atoms with Gasteiger partial charge in [-0.05, 0) is 55.5 Å². The number of aryl methyl sites for hydroxylation is 1. The summed E-state index contributed by atoms with van der Waals surface area (Å²) in [6.45, 7) is 1.94. The predicted octanol–water partition coefficient (Wildman–Crippen LogP) is 5.52. The van der Waals surface area contributed by atoms with Crippen LogP contribution in [0.25, 0.3) is 6.08 Å². The van der Waals surface area contributed by atoms with Gasteiger partial charge in [-0.25, -0.2) is 4.79 Å². The minimum atomic E-state index is -0.554. The van der Waals surface area contributed by atoms with Gasteiger partial charge in [0, 0.05) is 15.7 Å². The smallest absolute Gasteiger partial charge is 0.343 e. The number of amides is 1. The molecule has 0 aliphatic heterocycles. The van der Waals surface area contributed by atoms with Crippen molar-refractivity contribution in [2.45, 2.75) is 6.92 Å². The van der Waals surface area contributed by atoms with Crippen molar-refractivity contribution in [1.29, 1.82) is 5.26 Å². The molecule has 0 radical (unpaired) electrons. The van der Waals surface area contributed by atoms with Gasteiger partial charge >= 0.3 is 5.97 Å². The quantitative estimate of drug-likeness (QED) is 0.235. The molecular formula is C24H17BrN2O3. The van der Waals surface area contributed by atoms with Crippen molar-refractivity contribution in [2.24, 2.45) is 0 Å². The van der Waals surface area contributed by atoms with Crippen molar-refractivity contribution < 1.29 is 14.3 Å². The fourth-order valence-electron chi connectivity index (χ4n) is 2.60. The zero-order valence-corrected chi connectivity index (χ0v) is 17.6. The normalized spacial score (nSPS) is 10.8. The van der Waals surface area contributed by atoms with Crippen LogP contribution in [0.1, 0.15) is 21.5 Å². The molecule has 30 heavy (non-hydrogen) atoms. The van der Waals surface area contributed by atoms with Crippen LogP contribution in [0.15, 0.2) is 82.8 Å². The second-order valence-electron chi connectivity index (χ2n) is 6.43. The van der Waals surface area contributed by atoms with Crippen LogP contribution in [0, 0.1) is 18.3 Å². The first-order valence-electron chi connectivity index (χ1n) is 9.03. The zero-order chi connectivity index (χ0) is 21.5. The molecule has 0 spiro atoms. The number of hydrogen-bond donors (Lipinski definition) is 1. The number of rotatable bonds is 5. The summed E-state index contributed by atoms with van der Waals surface area (Å²) in [5.41, 5.74) is 2.34. The summed E-state index contributed by atoms with van der Waals surface area (Å²) in [5, 5.41) is 12.2. The van der Waals surface area contributed by atoms with E-state index in [1.54, 1.807) is 60.7 Å². The fourth-order valence-corrected chi connectivity index (χ4v) is 2.98. The van der Waals surface area contributed by atoms with E-state index in [9.17, 15) is 14.9 Å². The van der Waals surface area contributed by atoms with Crippen molar-refractivity contribution in [3.63, 3.8) is 0 Å². The van der Waals surface area contributed by atoms with Gasteiger partial charge < -0.3 is 10.1 Å². The Hall–Kier alpha value is -3.69. The van der Waals surface area contributed by atoms with Crippen molar-refractivity contribution in [3.05, 3.63) is 99.5 Å². The number of anilines is 1. The number of nitrogens with zero attached hydrogens (tertiary/aromatic N) is 1. The second kappa shape index (κ2) is 9.68. The molecule has 0 saturated carbocycles. The van der Waals surface area contributed by atoms with E-state index in [2.05, 4.69) is 21.2 Å². The summed E-state index contributed by atoms with van der Waals surface area (Å²) in [6, 6.07) is 22.7. The average Bonchev–Trinajstić information content (AvgIpc) is 2.75. The van der Waals surface area contributed by atoms with Gasteiger partial charge in [-0.1, -0.05) is 51.8 Å². The Labute approximate surface area is 182 Å². The molecule has 6 heteroatoms. The van der Waals surface area contributed by atoms with E-state index in [1.807, 2.05) is 25.1 Å². The lowest BCUT2D eigenvalue weighted by Crippen LogP contribution is -2.13. The Morgan fingerprint density at radius 2 is 1.73 bits per heavy atom. The number of nitrogens with one attached hydrogen (secondary N) is 1. The van der Waals surface area contributed by atoms with E-state index in [0.717, 1.165) is 5.56 Å². The van der Waals surface area contributed by atoms with Gasteiger partial charge in [-0.2, -0.15) is 5.26 Å². The molecule has 0 bridgehead atoms. The summed E-state index contributed by atoms with van der Waals surface area (Å²) < 4.78 is 6.21. The van der Waals surface area contributed by atoms with E-state index in [1.165, 1.54) is 6.08 Å². The maximum Gasteiger partial charge on any atom is 0.343 e. The zero-order valence-electron chi connectivity index (χ0n) is 16.1. The summed E-state index contributed by atoms with van der Waals surface area (Å²) in [5.74, 6) is -0.847. The fraction of sp³-hybridized carbons (Fsp3) is 0.0417. The van der Waals surface area contributed by atoms with Gasteiger partial charge in [0.2, 0.25) is 0 Å². The third-order valence-electron chi connectivity index (χ3n) is 4.16. The van der Waals surface area contributed by atoms with Crippen LogP contribution in [-0.2, 0) is 4.79 Å². The highest BCUT2D eigenvalue weighted by molar-refractivity contribution is 9.10. The van der Waals surface area contributed by atoms with Gasteiger partial charge in [-0.15, -0.1) is 0 Å². The van der Waals surface area contributed by atoms with Crippen LogP contribution in [0.5, 0.6) is 5.75 Å². The lowest BCUT2D eigenvalue weighted by Gasteiger charge is -2.09. The van der Waals surface area contributed by atoms with Crippen LogP contribution in [0.2, 0.25) is 0 Å². The van der Waals surface area contributed by atoms with E-state index < -0.39 is 11.9 Å². The molecule has 148 valence electrons. The highest BCUT2D eigenvalue weighted by Crippen LogP contribution is 2.27. The molecule has 1 N–H and O–H groups in total. The van der Waals surface area contributed by atoms with Gasteiger partial charge in [0.25, 0.3) is 5.91 Å². The third kappa shape index (κ3) is 5.43. The Morgan fingerprint density at radius 3 is 2.40 bits per heavy atom. The molecule has 0 aromatic heterocycles. The van der Waals surface area contributed by atoms with E-state index in [-0.39, 0.29) is 11.3 Å². The van der Waals surface area contributed by atoms with Crippen molar-refractivity contribution in [3.8, 4) is 11.8 Å². The molecule has 1 amide bonds. The monoisotopic (exact) mass is 460 g/mol. The Kier molecular flexibility index (Phi) is 6.79. The van der Waals surface area contributed by atoms with Gasteiger partial charge in [0.15, 0.2) is 0 Å². The SMILES string of the molecule is Cc1ccc(NC(=O)/C(C#N)=C/c2cc(Br)ccc2OC(=O)c2ccccc2)cc1. The van der Waals surface area contributed by atoms with Crippen LogP contribution in [0.4, 0.5) is 5.69 Å². The van der Waals surface area contributed by atoms with Gasteiger partial charge in [-0.3, -0.25) is 4.79 Å². The van der Waals surface area contributed by atoms with Crippen LogP contribution in [-0.4, -0.2) is 11.9 Å². The molecule has 0 heterocycles. The van der Waals surface area contributed by atoms with Crippen LogP contribution in [0.3, 0.4) is 0 Å². The number of hydrogen-bond acceptors (Lipinski definition) is 4. The topological polar surface area (TPSA) is 79.2 Å². The van der Waals surface area contributed by atoms with Crippen molar-refractivity contribution >= 4 is 39.6 Å². The molecule has 0 unspecified atom stereocenters. The molecule has 0 saturated heterocycles. The number of halogens is 1. The van der Waals surface area contributed by atoms with Crippen LogP contribution < -0.4 is 10.1 Å². The number of ether oxygens (including phenoxy) is 1. The molecule has 3 aromatic rings. The number of carbonyl (C=O) groups is 2. The second-order valence-corrected chi connectivity index (χ2v) is 7.34. The summed E-state index contributed by atoms with van der Waals surface area (Å²) in [7, 11) is 0. The number of esters is 1. The number of carbonyl (C=O) groups excluding carboxylic acids is 2. The van der Waals surface area contributed by atoms with Gasteiger partial charge in [0.05, 0.1) is 5.56 Å². The Balaban J connectivity index is 1.87. The highest BCUT2D eigenvalue weighted by atomic mass is 79.9. The summed E-state index contributed by atoms with van der Waals surface area (Å²) in [6.07, 6.45) is 1.39. The third-order valence-corrected chi connectivity index (χ3v) is 4.65. The van der Waals surface area contributed by atoms with E-state index in [4.69, 9.17) is 4.74 Å². The standard InChI is InChI=1S/C24H17BrN2O3/c1-16-7-10-21(11-8-16)27-23(28)19(15-26)13-18-14-20(25)9-12-22(18)30-24(29)17-5-3-2-4-6-17/h2-14H,1H3,(H,27,28)/b19-13+. The lowest BCUT2D eigenvalue weighted by atomic mass is 10.1.